The van der Waals surface area contributed by atoms with Crippen molar-refractivity contribution < 1.29 is 13.6 Å². The van der Waals surface area contributed by atoms with E-state index in [0.29, 0.717) is 22.8 Å². The fourth-order valence-corrected chi connectivity index (χ4v) is 2.79. The van der Waals surface area contributed by atoms with Gasteiger partial charge in [0.15, 0.2) is 5.76 Å². The molecule has 0 radical (unpaired) electrons. The van der Waals surface area contributed by atoms with Crippen LogP contribution in [0.4, 0.5) is 5.69 Å². The van der Waals surface area contributed by atoms with Gasteiger partial charge in [0.1, 0.15) is 0 Å². The molecule has 1 N–H and O–H groups in total. The highest BCUT2D eigenvalue weighted by Crippen LogP contribution is 2.24. The molecule has 0 fully saturated rings. The number of carbonyl (C=O) groups is 1. The molecule has 0 aliphatic heterocycles. The van der Waals surface area contributed by atoms with Crippen molar-refractivity contribution >= 4 is 23.4 Å². The first-order valence-electron chi connectivity index (χ1n) is 8.05. The second-order valence-corrected chi connectivity index (χ2v) is 6.55. The Bertz CT molecular complexity index is 812. The Labute approximate surface area is 150 Å². The normalized spacial score (nSPS) is 12.1. The number of aromatic nitrogens is 2. The molecule has 2 heterocycles. The van der Waals surface area contributed by atoms with E-state index >= 15 is 0 Å². The van der Waals surface area contributed by atoms with Crippen molar-refractivity contribution in [3.8, 4) is 11.7 Å². The van der Waals surface area contributed by atoms with Crippen molar-refractivity contribution in [2.45, 2.75) is 31.4 Å². The molecule has 0 aliphatic rings. The standard InChI is InChI=1S/C18H19N3O3S/c1-3-12(2)13-6-8-14(9-7-13)19-16(22)11-25-18-21-20-17(24-18)15-5-4-10-23-15/h4-10,12H,3,11H2,1-2H3,(H,19,22). The van der Waals surface area contributed by atoms with E-state index in [2.05, 4.69) is 29.4 Å². The molecule has 7 heteroatoms. The molecule has 25 heavy (non-hydrogen) atoms. The van der Waals surface area contributed by atoms with E-state index in [4.69, 9.17) is 8.83 Å². The monoisotopic (exact) mass is 357 g/mol. The van der Waals surface area contributed by atoms with Gasteiger partial charge in [-0.1, -0.05) is 37.7 Å². The van der Waals surface area contributed by atoms with E-state index in [1.54, 1.807) is 12.1 Å². The van der Waals surface area contributed by atoms with E-state index in [-0.39, 0.29) is 11.7 Å². The molecule has 1 unspecified atom stereocenters. The molecule has 0 aliphatic carbocycles. The minimum atomic E-state index is -0.126. The van der Waals surface area contributed by atoms with Crippen molar-refractivity contribution in [3.05, 3.63) is 48.2 Å². The third-order valence-electron chi connectivity index (χ3n) is 3.84. The van der Waals surface area contributed by atoms with Gasteiger partial charge in [-0.2, -0.15) is 0 Å². The number of benzene rings is 1. The number of anilines is 1. The summed E-state index contributed by atoms with van der Waals surface area (Å²) >= 11 is 1.18. The quantitative estimate of drug-likeness (QED) is 0.624. The van der Waals surface area contributed by atoms with Crippen LogP contribution in [0.3, 0.4) is 0 Å². The molecule has 3 rings (SSSR count). The number of hydrogen-bond donors (Lipinski definition) is 1. The minimum absolute atomic E-state index is 0.126. The first-order valence-corrected chi connectivity index (χ1v) is 9.04. The van der Waals surface area contributed by atoms with Crippen LogP contribution in [0, 0.1) is 0 Å². The van der Waals surface area contributed by atoms with E-state index in [0.717, 1.165) is 12.1 Å². The predicted molar refractivity (Wildman–Crippen MR) is 96.5 cm³/mol. The van der Waals surface area contributed by atoms with Crippen LogP contribution in [-0.4, -0.2) is 21.9 Å². The van der Waals surface area contributed by atoms with Crippen LogP contribution < -0.4 is 5.32 Å². The number of amides is 1. The van der Waals surface area contributed by atoms with Gasteiger partial charge < -0.3 is 14.2 Å². The van der Waals surface area contributed by atoms with Crippen LogP contribution in [-0.2, 0) is 4.79 Å². The zero-order chi connectivity index (χ0) is 17.6. The Hall–Kier alpha value is -2.54. The van der Waals surface area contributed by atoms with Gasteiger partial charge in [0.05, 0.1) is 12.0 Å². The van der Waals surface area contributed by atoms with Crippen molar-refractivity contribution in [1.82, 2.24) is 10.2 Å². The average molecular weight is 357 g/mol. The number of hydrogen-bond acceptors (Lipinski definition) is 6. The highest BCUT2D eigenvalue weighted by Gasteiger charge is 2.13. The van der Waals surface area contributed by atoms with E-state index in [1.807, 2.05) is 24.3 Å². The zero-order valence-electron chi connectivity index (χ0n) is 14.1. The molecule has 0 bridgehead atoms. The van der Waals surface area contributed by atoms with Crippen molar-refractivity contribution in [2.75, 3.05) is 11.1 Å². The van der Waals surface area contributed by atoms with Crippen LogP contribution in [0.2, 0.25) is 0 Å². The molecular formula is C18H19N3O3S. The summed E-state index contributed by atoms with van der Waals surface area (Å²) in [4.78, 5) is 12.1. The van der Waals surface area contributed by atoms with Crippen LogP contribution >= 0.6 is 11.8 Å². The van der Waals surface area contributed by atoms with Crippen molar-refractivity contribution in [2.24, 2.45) is 0 Å². The number of carbonyl (C=O) groups excluding carboxylic acids is 1. The maximum Gasteiger partial charge on any atom is 0.284 e. The molecular weight excluding hydrogens is 338 g/mol. The summed E-state index contributed by atoms with van der Waals surface area (Å²) in [6, 6.07) is 11.4. The van der Waals surface area contributed by atoms with E-state index in [1.165, 1.54) is 23.6 Å². The Balaban J connectivity index is 1.51. The highest BCUT2D eigenvalue weighted by molar-refractivity contribution is 7.99. The molecule has 1 amide bonds. The summed E-state index contributed by atoms with van der Waals surface area (Å²) in [5.74, 6) is 1.38. The topological polar surface area (TPSA) is 81.2 Å². The lowest BCUT2D eigenvalue weighted by molar-refractivity contribution is -0.113. The minimum Gasteiger partial charge on any atom is -0.459 e. The second-order valence-electron chi connectivity index (χ2n) is 5.62. The zero-order valence-corrected chi connectivity index (χ0v) is 14.9. The maximum atomic E-state index is 12.1. The third-order valence-corrected chi connectivity index (χ3v) is 4.66. The van der Waals surface area contributed by atoms with Crippen molar-refractivity contribution in [3.63, 3.8) is 0 Å². The Kier molecular flexibility index (Phi) is 5.55. The molecule has 1 atom stereocenters. The molecule has 0 spiro atoms. The fraction of sp³-hybridized carbons (Fsp3) is 0.278. The average Bonchev–Trinajstić information content (AvgIpc) is 3.31. The number of nitrogens with zero attached hydrogens (tertiary/aromatic N) is 2. The molecule has 6 nitrogen and oxygen atoms in total. The molecule has 2 aromatic heterocycles. The summed E-state index contributed by atoms with van der Waals surface area (Å²) in [5.41, 5.74) is 2.05. The molecule has 130 valence electrons. The fourth-order valence-electron chi connectivity index (χ4n) is 2.22. The summed E-state index contributed by atoms with van der Waals surface area (Å²) in [7, 11) is 0. The van der Waals surface area contributed by atoms with Gasteiger partial charge in [-0.3, -0.25) is 4.79 Å². The Morgan fingerprint density at radius 1 is 1.24 bits per heavy atom. The van der Waals surface area contributed by atoms with Crippen LogP contribution in [0.15, 0.2) is 56.7 Å². The molecule has 3 aromatic rings. The van der Waals surface area contributed by atoms with Crippen LogP contribution in [0.25, 0.3) is 11.7 Å². The lowest BCUT2D eigenvalue weighted by atomic mass is 9.99. The molecule has 0 saturated heterocycles. The molecule has 1 aromatic carbocycles. The third kappa shape index (κ3) is 4.51. The van der Waals surface area contributed by atoms with Crippen molar-refractivity contribution in [1.29, 1.82) is 0 Å². The highest BCUT2D eigenvalue weighted by atomic mass is 32.2. The summed E-state index contributed by atoms with van der Waals surface area (Å²) < 4.78 is 10.6. The second kappa shape index (κ2) is 8.02. The number of furan rings is 1. The lowest BCUT2D eigenvalue weighted by Gasteiger charge is -2.10. The summed E-state index contributed by atoms with van der Waals surface area (Å²) in [6.07, 6.45) is 2.62. The molecule has 0 saturated carbocycles. The SMILES string of the molecule is CCC(C)c1ccc(NC(=O)CSc2nnc(-c3ccco3)o2)cc1. The van der Waals surface area contributed by atoms with Gasteiger partial charge in [0, 0.05) is 5.69 Å². The van der Waals surface area contributed by atoms with Gasteiger partial charge in [-0.15, -0.1) is 10.2 Å². The summed E-state index contributed by atoms with van der Waals surface area (Å²) in [5, 5.41) is 11.0. The number of rotatable bonds is 7. The predicted octanol–water partition coefficient (Wildman–Crippen LogP) is 4.57. The Morgan fingerprint density at radius 3 is 2.72 bits per heavy atom. The summed E-state index contributed by atoms with van der Waals surface area (Å²) in [6.45, 7) is 4.35. The number of thioether (sulfide) groups is 1. The van der Waals surface area contributed by atoms with Gasteiger partial charge in [0.25, 0.3) is 11.1 Å². The van der Waals surface area contributed by atoms with Gasteiger partial charge in [-0.05, 0) is 42.2 Å². The van der Waals surface area contributed by atoms with Crippen LogP contribution in [0.1, 0.15) is 31.7 Å². The van der Waals surface area contributed by atoms with E-state index < -0.39 is 0 Å². The van der Waals surface area contributed by atoms with E-state index in [9.17, 15) is 4.79 Å². The smallest absolute Gasteiger partial charge is 0.284 e. The van der Waals surface area contributed by atoms with Gasteiger partial charge in [-0.25, -0.2) is 0 Å². The first kappa shape index (κ1) is 17.3. The number of nitrogens with one attached hydrogen (secondary N) is 1. The van der Waals surface area contributed by atoms with Gasteiger partial charge >= 0.3 is 0 Å². The van der Waals surface area contributed by atoms with Crippen LogP contribution in [0.5, 0.6) is 0 Å². The lowest BCUT2D eigenvalue weighted by Crippen LogP contribution is -2.14. The first-order chi connectivity index (χ1) is 12.2. The largest absolute Gasteiger partial charge is 0.459 e. The Morgan fingerprint density at radius 2 is 2.04 bits per heavy atom. The maximum absolute atomic E-state index is 12.1. The van der Waals surface area contributed by atoms with Gasteiger partial charge in [0.2, 0.25) is 5.91 Å².